The Morgan fingerprint density at radius 1 is 0.762 bits per heavy atom. The molecule has 0 unspecified atom stereocenters. The van der Waals surface area contributed by atoms with Gasteiger partial charge in [0, 0.05) is 0 Å². The fraction of sp³-hybridized carbons (Fsp3) is 0.250. The molecule has 0 saturated heterocycles. The van der Waals surface area contributed by atoms with Crippen LogP contribution in [0.3, 0.4) is 0 Å². The Hall–Kier alpha value is -1.01. The van der Waals surface area contributed by atoms with E-state index in [1.54, 1.807) is 18.2 Å². The summed E-state index contributed by atoms with van der Waals surface area (Å²) >= 11 is -3.83. The van der Waals surface area contributed by atoms with E-state index >= 15 is 0 Å². The van der Waals surface area contributed by atoms with E-state index in [-0.39, 0.29) is 0 Å². The maximum absolute atomic E-state index is 5.90. The van der Waals surface area contributed by atoms with Gasteiger partial charge in [0.2, 0.25) is 0 Å². The van der Waals surface area contributed by atoms with Gasteiger partial charge in [-0.25, -0.2) is 0 Å². The molecule has 5 heteroatoms. The molecule has 4 nitrogen and oxygen atoms in total. The van der Waals surface area contributed by atoms with E-state index in [0.717, 1.165) is 5.56 Å². The molecule has 0 heterocycles. The van der Waals surface area contributed by atoms with Crippen molar-refractivity contribution in [3.8, 4) is 0 Å². The Labute approximate surface area is 131 Å². The van der Waals surface area contributed by atoms with E-state index in [4.69, 9.17) is 13.3 Å². The van der Waals surface area contributed by atoms with Crippen molar-refractivity contribution in [2.75, 3.05) is 19.8 Å². The molecule has 0 N–H and O–H groups in total. The summed E-state index contributed by atoms with van der Waals surface area (Å²) in [5, 5.41) is 0. The zero-order chi connectivity index (χ0) is 15.4. The van der Waals surface area contributed by atoms with Crippen molar-refractivity contribution in [2.45, 2.75) is 6.61 Å². The third-order valence-electron chi connectivity index (χ3n) is 2.39. The predicted octanol–water partition coefficient (Wildman–Crippen LogP) is 3.62. The topological polar surface area (TPSA) is 36.9 Å². The standard InChI is InChI=1S/C7H7O.3C3H5O.Ti/c8-6-7-4-2-1-3-5-7;3*1-2-3-4;/h1-5H,6H2;3*2H,1,3H2;/q4*-1;+4. The monoisotopic (exact) mass is 326 g/mol. The third kappa shape index (κ3) is 7.00. The number of hydrogen-bond acceptors (Lipinski definition) is 4. The molecule has 114 valence electrons. The first-order valence-corrected chi connectivity index (χ1v) is 9.23. The summed E-state index contributed by atoms with van der Waals surface area (Å²) in [6.45, 7) is 12.2. The normalized spacial score (nSPS) is 11.0. The molecule has 0 atom stereocenters. The zero-order valence-corrected chi connectivity index (χ0v) is 13.8. The fourth-order valence-electron chi connectivity index (χ4n) is 1.48. The van der Waals surface area contributed by atoms with Crippen LogP contribution in [0, 0.1) is 0 Å². The first-order chi connectivity index (χ1) is 10.3. The van der Waals surface area contributed by atoms with Gasteiger partial charge in [0.15, 0.2) is 0 Å². The van der Waals surface area contributed by atoms with Gasteiger partial charge in [0.25, 0.3) is 0 Å². The van der Waals surface area contributed by atoms with Gasteiger partial charge in [-0.15, -0.1) is 0 Å². The molecule has 21 heavy (non-hydrogen) atoms. The first-order valence-electron chi connectivity index (χ1n) is 6.68. The molecule has 0 aromatic heterocycles. The van der Waals surface area contributed by atoms with E-state index in [1.165, 1.54) is 0 Å². The van der Waals surface area contributed by atoms with E-state index in [2.05, 4.69) is 19.7 Å². The summed E-state index contributed by atoms with van der Waals surface area (Å²) < 4.78 is 23.0. The average molecular weight is 326 g/mol. The van der Waals surface area contributed by atoms with Crippen LogP contribution in [0.2, 0.25) is 0 Å². The van der Waals surface area contributed by atoms with Gasteiger partial charge in [0.1, 0.15) is 0 Å². The zero-order valence-electron chi connectivity index (χ0n) is 12.2. The molecular weight excluding hydrogens is 304 g/mol. The number of rotatable bonds is 12. The average Bonchev–Trinajstić information content (AvgIpc) is 2.54. The second-order valence-electron chi connectivity index (χ2n) is 4.07. The molecule has 0 saturated carbocycles. The maximum atomic E-state index is 5.90. The van der Waals surface area contributed by atoms with Crippen LogP contribution in [-0.4, -0.2) is 19.8 Å². The van der Waals surface area contributed by atoms with Crippen molar-refractivity contribution >= 4 is 0 Å². The predicted molar refractivity (Wildman–Crippen MR) is 79.7 cm³/mol. The first kappa shape index (κ1) is 18.0. The van der Waals surface area contributed by atoms with Crippen LogP contribution >= 0.6 is 0 Å². The van der Waals surface area contributed by atoms with Gasteiger partial charge in [-0.1, -0.05) is 0 Å². The SMILES string of the molecule is C=CC[O][Ti]([O]CC=C)([O]CC=C)[O]Cc1ccccc1. The second kappa shape index (κ2) is 10.7. The summed E-state index contributed by atoms with van der Waals surface area (Å²) in [6.07, 6.45) is 4.92. The summed E-state index contributed by atoms with van der Waals surface area (Å²) in [6, 6.07) is 9.80. The minimum atomic E-state index is -3.83. The molecular formula is C16H22O4Ti. The van der Waals surface area contributed by atoms with Crippen LogP contribution in [0.25, 0.3) is 0 Å². The van der Waals surface area contributed by atoms with E-state index in [9.17, 15) is 0 Å². The summed E-state index contributed by atoms with van der Waals surface area (Å²) in [5.74, 6) is 0. The Morgan fingerprint density at radius 3 is 1.67 bits per heavy atom. The summed E-state index contributed by atoms with van der Waals surface area (Å²) in [4.78, 5) is 0. The Morgan fingerprint density at radius 2 is 1.24 bits per heavy atom. The summed E-state index contributed by atoms with van der Waals surface area (Å²) in [5.41, 5.74) is 1.03. The molecule has 0 amide bonds. The van der Waals surface area contributed by atoms with Crippen molar-refractivity contribution < 1.29 is 31.4 Å². The quantitative estimate of drug-likeness (QED) is 0.434. The van der Waals surface area contributed by atoms with Crippen LogP contribution < -0.4 is 0 Å². The molecule has 0 aliphatic rings. The molecule has 0 aliphatic carbocycles. The molecule has 1 rings (SSSR count). The van der Waals surface area contributed by atoms with Crippen molar-refractivity contribution in [1.82, 2.24) is 0 Å². The molecule has 0 aliphatic heterocycles. The van der Waals surface area contributed by atoms with Gasteiger partial charge in [-0.05, 0) is 0 Å². The molecule has 0 spiro atoms. The molecule has 1 aromatic rings. The number of benzene rings is 1. The van der Waals surface area contributed by atoms with Crippen LogP contribution in [0.5, 0.6) is 0 Å². The second-order valence-corrected chi connectivity index (χ2v) is 7.44. The molecule has 1 aromatic carbocycles. The van der Waals surface area contributed by atoms with Crippen molar-refractivity contribution in [3.05, 3.63) is 73.9 Å². The minimum absolute atomic E-state index is 0.309. The Balaban J connectivity index is 2.76. The molecule has 0 radical (unpaired) electrons. The van der Waals surface area contributed by atoms with Crippen LogP contribution in [0.15, 0.2) is 68.3 Å². The van der Waals surface area contributed by atoms with E-state index in [0.29, 0.717) is 26.4 Å². The van der Waals surface area contributed by atoms with Gasteiger partial charge in [0.05, 0.1) is 0 Å². The van der Waals surface area contributed by atoms with E-state index in [1.807, 2.05) is 30.3 Å². The molecule has 0 fully saturated rings. The van der Waals surface area contributed by atoms with Crippen molar-refractivity contribution in [2.24, 2.45) is 0 Å². The third-order valence-corrected chi connectivity index (χ3v) is 5.61. The number of hydrogen-bond donors (Lipinski definition) is 0. The van der Waals surface area contributed by atoms with Gasteiger partial charge in [-0.3, -0.25) is 0 Å². The van der Waals surface area contributed by atoms with Crippen LogP contribution in [0.1, 0.15) is 5.56 Å². The Kier molecular flexibility index (Phi) is 9.18. The van der Waals surface area contributed by atoms with Gasteiger partial charge < -0.3 is 0 Å². The van der Waals surface area contributed by atoms with Crippen molar-refractivity contribution in [1.29, 1.82) is 0 Å². The summed E-state index contributed by atoms with van der Waals surface area (Å²) in [7, 11) is 0. The Bertz CT molecular complexity index is 402. The van der Waals surface area contributed by atoms with Crippen LogP contribution in [-0.2, 0) is 38.0 Å². The van der Waals surface area contributed by atoms with E-state index < -0.39 is 18.1 Å². The van der Waals surface area contributed by atoms with Gasteiger partial charge >= 0.3 is 132 Å². The van der Waals surface area contributed by atoms with Crippen molar-refractivity contribution in [3.63, 3.8) is 0 Å². The fourth-order valence-corrected chi connectivity index (χ4v) is 4.30. The molecule has 0 bridgehead atoms. The van der Waals surface area contributed by atoms with Gasteiger partial charge in [-0.2, -0.15) is 0 Å². The van der Waals surface area contributed by atoms with Crippen LogP contribution in [0.4, 0.5) is 0 Å².